The van der Waals surface area contributed by atoms with Crippen LogP contribution in [0.25, 0.3) is 0 Å². The number of amides is 2. The topological polar surface area (TPSA) is 90.6 Å². The smallest absolute Gasteiger partial charge is 0.266 e. The van der Waals surface area contributed by atoms with Crippen LogP contribution >= 0.6 is 10.0 Å². The number of carbonyl (C=O) groups is 2. The van der Waals surface area contributed by atoms with Crippen molar-refractivity contribution in [1.29, 1.82) is 0 Å². The molecule has 1 saturated carbocycles. The average Bonchev–Trinajstić information content (AvgIpc) is 3.23. The number of anilines is 1. The summed E-state index contributed by atoms with van der Waals surface area (Å²) in [5.41, 5.74) is 1.12. The standard InChI is InChI=1S/C26H39N5O3S/c1-25(2)21-19(22(29-28-21)27-24(33)26(14-11-15-26)35(5,6)7)16-31(25)23(32)20(17-30(3)4)34-18-12-9-8-10-13-18/h8-10,12-13,20H,11,14-17H2,1-7H3,(H2,27,28,29,33). The summed E-state index contributed by atoms with van der Waals surface area (Å²) in [7, 11) is 2.78. The largest absolute Gasteiger partial charge is 0.479 e. The van der Waals surface area contributed by atoms with Gasteiger partial charge in [0.2, 0.25) is 5.91 Å². The van der Waals surface area contributed by atoms with E-state index in [9.17, 15) is 9.59 Å². The van der Waals surface area contributed by atoms with Gasteiger partial charge in [-0.15, -0.1) is 0 Å². The van der Waals surface area contributed by atoms with E-state index in [0.717, 1.165) is 30.5 Å². The van der Waals surface area contributed by atoms with E-state index < -0.39 is 21.7 Å². The Morgan fingerprint density at radius 3 is 2.40 bits per heavy atom. The summed E-state index contributed by atoms with van der Waals surface area (Å²) in [6, 6.07) is 9.43. The Kier molecular flexibility index (Phi) is 6.70. The highest BCUT2D eigenvalue weighted by Crippen LogP contribution is 2.60. The predicted octanol–water partition coefficient (Wildman–Crippen LogP) is 3.55. The van der Waals surface area contributed by atoms with E-state index in [1.165, 1.54) is 0 Å². The average molecular weight is 502 g/mol. The molecule has 192 valence electrons. The van der Waals surface area contributed by atoms with Crippen molar-refractivity contribution < 1.29 is 14.3 Å². The molecule has 2 aromatic rings. The second-order valence-corrected chi connectivity index (χ2v) is 15.7. The molecular formula is C26H39N5O3S. The molecule has 1 aromatic carbocycles. The van der Waals surface area contributed by atoms with E-state index in [1.807, 2.05) is 68.1 Å². The summed E-state index contributed by atoms with van der Waals surface area (Å²) >= 11 is 0. The van der Waals surface area contributed by atoms with Crippen LogP contribution in [0.1, 0.15) is 44.4 Å². The number of rotatable bonds is 8. The number of H-pyrrole nitrogens is 1. The maximum absolute atomic E-state index is 13.8. The quantitative estimate of drug-likeness (QED) is 0.577. The van der Waals surface area contributed by atoms with Crippen LogP contribution in [0.2, 0.25) is 0 Å². The van der Waals surface area contributed by atoms with E-state index in [-0.39, 0.29) is 16.6 Å². The van der Waals surface area contributed by atoms with Crippen LogP contribution in [-0.4, -0.2) is 82.1 Å². The fourth-order valence-corrected chi connectivity index (χ4v) is 7.26. The first-order chi connectivity index (χ1) is 16.4. The molecule has 0 saturated heterocycles. The zero-order chi connectivity index (χ0) is 25.6. The lowest BCUT2D eigenvalue weighted by molar-refractivity contribution is -0.145. The molecule has 1 fully saturated rings. The van der Waals surface area contributed by atoms with Crippen molar-refractivity contribution in [3.63, 3.8) is 0 Å². The molecule has 2 heterocycles. The lowest BCUT2D eigenvalue weighted by Crippen LogP contribution is -2.51. The van der Waals surface area contributed by atoms with Crippen molar-refractivity contribution in [2.24, 2.45) is 0 Å². The SMILES string of the molecule is CN(C)CC(Oc1ccccc1)C(=O)N1Cc2c(NC(=O)C3(S(C)(C)C)CCC3)n[nH]c2C1(C)C. The first-order valence-electron chi connectivity index (χ1n) is 12.1. The van der Waals surface area contributed by atoms with Crippen LogP contribution in [0.4, 0.5) is 5.82 Å². The first-order valence-corrected chi connectivity index (χ1v) is 15.0. The molecule has 1 atom stereocenters. The molecule has 2 aliphatic rings. The van der Waals surface area contributed by atoms with Crippen LogP contribution in [-0.2, 0) is 21.7 Å². The third kappa shape index (κ3) is 4.56. The number of nitrogens with zero attached hydrogens (tertiary/aromatic N) is 3. The number of carbonyl (C=O) groups excluding carboxylic acids is 2. The van der Waals surface area contributed by atoms with Gasteiger partial charge in [-0.2, -0.15) is 5.10 Å². The zero-order valence-electron chi connectivity index (χ0n) is 22.0. The highest BCUT2D eigenvalue weighted by molar-refractivity contribution is 8.33. The molecule has 1 unspecified atom stereocenters. The Hall–Kier alpha value is -2.52. The number of likely N-dealkylation sites (N-methyl/N-ethyl adjacent to an activating group) is 1. The molecule has 0 spiro atoms. The molecule has 35 heavy (non-hydrogen) atoms. The minimum absolute atomic E-state index is 0.0565. The molecule has 4 rings (SSSR count). The van der Waals surface area contributed by atoms with Gasteiger partial charge in [0, 0.05) is 12.1 Å². The summed E-state index contributed by atoms with van der Waals surface area (Å²) in [5, 5.41) is 10.7. The number of aromatic amines is 1. The van der Waals surface area contributed by atoms with Crippen molar-refractivity contribution in [2.45, 2.75) is 56.0 Å². The molecule has 8 nitrogen and oxygen atoms in total. The molecule has 1 aliphatic carbocycles. The number of hydrogen-bond acceptors (Lipinski definition) is 5. The highest BCUT2D eigenvalue weighted by atomic mass is 32.3. The van der Waals surface area contributed by atoms with Crippen LogP contribution in [0.3, 0.4) is 0 Å². The van der Waals surface area contributed by atoms with Crippen molar-refractivity contribution in [3.8, 4) is 5.75 Å². The Morgan fingerprint density at radius 2 is 1.86 bits per heavy atom. The summed E-state index contributed by atoms with van der Waals surface area (Å²) in [6.45, 7) is 4.82. The summed E-state index contributed by atoms with van der Waals surface area (Å²) in [5.74, 6) is 1.16. The van der Waals surface area contributed by atoms with Crippen molar-refractivity contribution in [1.82, 2.24) is 20.0 Å². The Balaban J connectivity index is 1.56. The van der Waals surface area contributed by atoms with Gasteiger partial charge in [0.25, 0.3) is 5.91 Å². The van der Waals surface area contributed by atoms with Gasteiger partial charge in [0.15, 0.2) is 11.9 Å². The van der Waals surface area contributed by atoms with E-state index in [4.69, 9.17) is 4.74 Å². The van der Waals surface area contributed by atoms with Gasteiger partial charge < -0.3 is 19.9 Å². The van der Waals surface area contributed by atoms with Gasteiger partial charge in [-0.25, -0.2) is 10.0 Å². The van der Waals surface area contributed by atoms with E-state index >= 15 is 0 Å². The Bertz CT molecular complexity index is 1090. The Labute approximate surface area is 210 Å². The van der Waals surface area contributed by atoms with Gasteiger partial charge in [-0.05, 0) is 78.1 Å². The van der Waals surface area contributed by atoms with Gasteiger partial charge in [-0.3, -0.25) is 14.7 Å². The molecule has 2 amide bonds. The van der Waals surface area contributed by atoms with Crippen LogP contribution in [0.15, 0.2) is 30.3 Å². The third-order valence-corrected chi connectivity index (χ3v) is 10.5. The van der Waals surface area contributed by atoms with Crippen molar-refractivity contribution >= 4 is 27.7 Å². The zero-order valence-corrected chi connectivity index (χ0v) is 22.8. The van der Waals surface area contributed by atoms with Crippen LogP contribution in [0, 0.1) is 0 Å². The number of nitrogens with one attached hydrogen (secondary N) is 2. The molecule has 9 heteroatoms. The van der Waals surface area contributed by atoms with Gasteiger partial charge >= 0.3 is 0 Å². The third-order valence-electron chi connectivity index (χ3n) is 7.54. The monoisotopic (exact) mass is 501 g/mol. The lowest BCUT2D eigenvalue weighted by Gasteiger charge is -2.53. The second-order valence-electron chi connectivity index (χ2n) is 11.2. The summed E-state index contributed by atoms with van der Waals surface area (Å²) in [6.07, 6.45) is 8.89. The van der Waals surface area contributed by atoms with Crippen LogP contribution < -0.4 is 10.1 Å². The van der Waals surface area contributed by atoms with Crippen molar-refractivity contribution in [2.75, 3.05) is 44.7 Å². The number of ether oxygens (including phenoxy) is 1. The maximum atomic E-state index is 13.8. The summed E-state index contributed by atoms with van der Waals surface area (Å²) in [4.78, 5) is 31.0. The molecular weight excluding hydrogens is 462 g/mol. The summed E-state index contributed by atoms with van der Waals surface area (Å²) < 4.78 is 5.84. The number of benzene rings is 1. The molecule has 1 aromatic heterocycles. The van der Waals surface area contributed by atoms with Gasteiger partial charge in [0.05, 0.1) is 22.5 Å². The van der Waals surface area contributed by atoms with E-state index in [1.54, 1.807) is 0 Å². The second kappa shape index (κ2) is 9.17. The fourth-order valence-electron chi connectivity index (χ4n) is 5.14. The predicted molar refractivity (Wildman–Crippen MR) is 142 cm³/mol. The molecule has 0 bridgehead atoms. The maximum Gasteiger partial charge on any atom is 0.266 e. The van der Waals surface area contributed by atoms with Crippen molar-refractivity contribution in [3.05, 3.63) is 41.6 Å². The molecule has 0 radical (unpaired) electrons. The number of fused-ring (bicyclic) bond motifs is 1. The number of hydrogen-bond donors (Lipinski definition) is 2. The lowest BCUT2D eigenvalue weighted by atomic mass is 9.83. The fraction of sp³-hybridized carbons (Fsp3) is 0.577. The minimum Gasteiger partial charge on any atom is -0.479 e. The van der Waals surface area contributed by atoms with Crippen LogP contribution in [0.5, 0.6) is 5.75 Å². The first kappa shape index (κ1) is 25.6. The van der Waals surface area contributed by atoms with E-state index in [0.29, 0.717) is 24.7 Å². The minimum atomic E-state index is -1.08. The highest BCUT2D eigenvalue weighted by Gasteiger charge is 2.51. The molecule has 1 aliphatic heterocycles. The normalized spacial score (nSPS) is 19.6. The Morgan fingerprint density at radius 1 is 1.20 bits per heavy atom. The number of para-hydroxylation sites is 1. The van der Waals surface area contributed by atoms with Gasteiger partial charge in [0.1, 0.15) is 5.75 Å². The van der Waals surface area contributed by atoms with Gasteiger partial charge in [-0.1, -0.05) is 18.2 Å². The molecule has 2 N–H and O–H groups in total. The van der Waals surface area contributed by atoms with E-state index in [2.05, 4.69) is 34.3 Å². The number of aromatic nitrogens is 2.